The molecule has 0 saturated heterocycles. The van der Waals surface area contributed by atoms with E-state index >= 15 is 0 Å². The minimum absolute atomic E-state index is 0.717. The third kappa shape index (κ3) is 7.56. The smallest absolute Gasteiger partial charge is 0.335 e. The molecule has 0 aliphatic rings. The minimum Gasteiger partial charge on any atom is -0.479 e. The minimum atomic E-state index is -1.41. The highest BCUT2D eigenvalue weighted by Crippen LogP contribution is 2.12. The standard InChI is InChI=1S/C6H4Cl2.C2H3FO2/c7-5-1-2-6(8)4-3-5;3-1-2(4)5/h1-4H;1H2,(H,4,5). The number of rotatable bonds is 1. The number of carbonyl (C=O) groups is 1. The number of halogens is 3. The lowest BCUT2D eigenvalue weighted by Crippen LogP contribution is -1.93. The molecule has 0 radical (unpaired) electrons. The number of carboxylic acids is 1. The first-order valence-electron chi connectivity index (χ1n) is 3.25. The lowest BCUT2D eigenvalue weighted by Gasteiger charge is -1.86. The van der Waals surface area contributed by atoms with Crippen molar-refractivity contribution in [3.63, 3.8) is 0 Å². The molecule has 0 aliphatic heterocycles. The van der Waals surface area contributed by atoms with Gasteiger partial charge in [-0.2, -0.15) is 0 Å². The van der Waals surface area contributed by atoms with Crippen LogP contribution in [0, 0.1) is 0 Å². The monoisotopic (exact) mass is 224 g/mol. The summed E-state index contributed by atoms with van der Waals surface area (Å²) in [6, 6.07) is 7.02. The van der Waals surface area contributed by atoms with Crippen LogP contribution >= 0.6 is 23.2 Å². The Hall–Kier alpha value is -0.800. The van der Waals surface area contributed by atoms with Crippen LogP contribution in [0.3, 0.4) is 0 Å². The summed E-state index contributed by atoms with van der Waals surface area (Å²) in [6.07, 6.45) is 0. The van der Waals surface area contributed by atoms with Gasteiger partial charge in [-0.05, 0) is 24.3 Å². The Bertz CT molecular complexity index is 240. The van der Waals surface area contributed by atoms with Crippen molar-refractivity contribution in [1.82, 2.24) is 0 Å². The molecular formula is C8H7Cl2FO2. The predicted octanol–water partition coefficient (Wildman–Crippen LogP) is 3.03. The van der Waals surface area contributed by atoms with Crippen LogP contribution in [0.1, 0.15) is 0 Å². The van der Waals surface area contributed by atoms with Gasteiger partial charge >= 0.3 is 5.97 Å². The van der Waals surface area contributed by atoms with Gasteiger partial charge in [0.1, 0.15) is 0 Å². The number of hydrogen-bond donors (Lipinski definition) is 1. The van der Waals surface area contributed by atoms with Crippen molar-refractivity contribution < 1.29 is 14.3 Å². The Morgan fingerprint density at radius 2 is 1.46 bits per heavy atom. The van der Waals surface area contributed by atoms with E-state index in [2.05, 4.69) is 0 Å². The van der Waals surface area contributed by atoms with Gasteiger partial charge in [0.25, 0.3) is 0 Å². The van der Waals surface area contributed by atoms with Crippen LogP contribution in [0.25, 0.3) is 0 Å². The van der Waals surface area contributed by atoms with Gasteiger partial charge < -0.3 is 5.11 Å². The third-order valence-electron chi connectivity index (χ3n) is 0.918. The largest absolute Gasteiger partial charge is 0.479 e. The fourth-order valence-corrected chi connectivity index (χ4v) is 0.682. The first-order chi connectivity index (χ1) is 6.06. The molecule has 13 heavy (non-hydrogen) atoms. The zero-order valence-electron chi connectivity index (χ0n) is 6.51. The molecule has 2 nitrogen and oxygen atoms in total. The zero-order chi connectivity index (χ0) is 10.3. The van der Waals surface area contributed by atoms with Crippen molar-refractivity contribution in [3.05, 3.63) is 34.3 Å². The second kappa shape index (κ2) is 6.69. The Morgan fingerprint density at radius 1 is 1.23 bits per heavy atom. The van der Waals surface area contributed by atoms with Crippen molar-refractivity contribution >= 4 is 29.2 Å². The second-order valence-electron chi connectivity index (χ2n) is 1.96. The fraction of sp³-hybridized carbons (Fsp3) is 0.125. The molecule has 0 unspecified atom stereocenters. The van der Waals surface area contributed by atoms with E-state index in [0.29, 0.717) is 0 Å². The van der Waals surface area contributed by atoms with Gasteiger partial charge in [0, 0.05) is 10.0 Å². The first-order valence-corrected chi connectivity index (χ1v) is 4.00. The van der Waals surface area contributed by atoms with E-state index in [-0.39, 0.29) is 0 Å². The average molecular weight is 225 g/mol. The van der Waals surface area contributed by atoms with Crippen molar-refractivity contribution in [1.29, 1.82) is 0 Å². The average Bonchev–Trinajstić information content (AvgIpc) is 2.11. The highest BCUT2D eigenvalue weighted by molar-refractivity contribution is 6.32. The summed E-state index contributed by atoms with van der Waals surface area (Å²) in [6.45, 7) is -1.28. The van der Waals surface area contributed by atoms with Crippen molar-refractivity contribution in [2.45, 2.75) is 0 Å². The maximum atomic E-state index is 10.5. The van der Waals surface area contributed by atoms with Gasteiger partial charge in [-0.3, -0.25) is 0 Å². The second-order valence-corrected chi connectivity index (χ2v) is 2.84. The molecule has 0 aliphatic carbocycles. The quantitative estimate of drug-likeness (QED) is 0.797. The molecule has 1 aromatic carbocycles. The van der Waals surface area contributed by atoms with Gasteiger partial charge in [0.05, 0.1) is 0 Å². The third-order valence-corrected chi connectivity index (χ3v) is 1.42. The fourth-order valence-electron chi connectivity index (χ4n) is 0.430. The van der Waals surface area contributed by atoms with E-state index in [1.807, 2.05) is 0 Å². The summed E-state index contributed by atoms with van der Waals surface area (Å²) in [4.78, 5) is 8.99. The van der Waals surface area contributed by atoms with Crippen LogP contribution in [-0.4, -0.2) is 17.8 Å². The van der Waals surface area contributed by atoms with Gasteiger partial charge in [0.15, 0.2) is 6.67 Å². The molecule has 5 heteroatoms. The predicted molar refractivity (Wildman–Crippen MR) is 50.1 cm³/mol. The zero-order valence-corrected chi connectivity index (χ0v) is 8.02. The maximum absolute atomic E-state index is 10.5. The summed E-state index contributed by atoms with van der Waals surface area (Å²) in [5.74, 6) is -1.41. The van der Waals surface area contributed by atoms with Crippen LogP contribution in [0.5, 0.6) is 0 Å². The molecule has 72 valence electrons. The normalized spacial score (nSPS) is 8.54. The Morgan fingerprint density at radius 3 is 1.62 bits per heavy atom. The molecule has 0 saturated carbocycles. The number of hydrogen-bond acceptors (Lipinski definition) is 1. The topological polar surface area (TPSA) is 37.3 Å². The number of alkyl halides is 1. The highest BCUT2D eigenvalue weighted by atomic mass is 35.5. The molecule has 0 spiro atoms. The molecule has 1 aromatic rings. The molecule has 0 atom stereocenters. The summed E-state index contributed by atoms with van der Waals surface area (Å²) in [5.41, 5.74) is 0. The lowest BCUT2D eigenvalue weighted by molar-refractivity contribution is -0.137. The Labute approximate surface area is 84.9 Å². The molecule has 1 rings (SSSR count). The maximum Gasteiger partial charge on any atom is 0.335 e. The number of aliphatic carboxylic acids is 1. The molecule has 0 heterocycles. The first kappa shape index (κ1) is 12.2. The molecule has 0 amide bonds. The number of benzene rings is 1. The van der Waals surface area contributed by atoms with Crippen LogP contribution in [-0.2, 0) is 4.79 Å². The van der Waals surface area contributed by atoms with Crippen molar-refractivity contribution in [3.8, 4) is 0 Å². The summed E-state index contributed by atoms with van der Waals surface area (Å²) >= 11 is 11.1. The number of carboxylic acid groups (broad SMARTS) is 1. The summed E-state index contributed by atoms with van der Waals surface area (Å²) in [5, 5.41) is 8.78. The lowest BCUT2D eigenvalue weighted by atomic mass is 10.4. The van der Waals surface area contributed by atoms with Crippen LogP contribution < -0.4 is 0 Å². The Balaban J connectivity index is 0.000000252. The van der Waals surface area contributed by atoms with E-state index in [1.165, 1.54) is 0 Å². The van der Waals surface area contributed by atoms with Crippen LogP contribution in [0.4, 0.5) is 4.39 Å². The van der Waals surface area contributed by atoms with Gasteiger partial charge in [-0.1, -0.05) is 23.2 Å². The van der Waals surface area contributed by atoms with Gasteiger partial charge in [-0.15, -0.1) is 0 Å². The van der Waals surface area contributed by atoms with E-state index in [9.17, 15) is 4.39 Å². The molecule has 1 N–H and O–H groups in total. The molecule has 0 fully saturated rings. The summed E-state index contributed by atoms with van der Waals surface area (Å²) in [7, 11) is 0. The summed E-state index contributed by atoms with van der Waals surface area (Å²) < 4.78 is 10.5. The molecule has 0 bridgehead atoms. The van der Waals surface area contributed by atoms with Crippen molar-refractivity contribution in [2.75, 3.05) is 6.67 Å². The van der Waals surface area contributed by atoms with E-state index in [1.54, 1.807) is 24.3 Å². The SMILES string of the molecule is Clc1ccc(Cl)cc1.O=C(O)CF. The van der Waals surface area contributed by atoms with E-state index in [4.69, 9.17) is 33.1 Å². The van der Waals surface area contributed by atoms with Crippen molar-refractivity contribution in [2.24, 2.45) is 0 Å². The van der Waals surface area contributed by atoms with E-state index in [0.717, 1.165) is 10.0 Å². The van der Waals surface area contributed by atoms with Crippen LogP contribution in [0.15, 0.2) is 24.3 Å². The van der Waals surface area contributed by atoms with Gasteiger partial charge in [-0.25, -0.2) is 9.18 Å². The highest BCUT2D eigenvalue weighted by Gasteiger charge is 1.85. The molecular weight excluding hydrogens is 218 g/mol. The molecule has 0 aromatic heterocycles. The van der Waals surface area contributed by atoms with Crippen LogP contribution in [0.2, 0.25) is 10.0 Å². The van der Waals surface area contributed by atoms with Gasteiger partial charge in [0.2, 0.25) is 0 Å². The van der Waals surface area contributed by atoms with E-state index < -0.39 is 12.6 Å². The Kier molecular flexibility index (Phi) is 6.28.